The summed E-state index contributed by atoms with van der Waals surface area (Å²) in [5.41, 5.74) is 0.850. The van der Waals surface area contributed by atoms with Crippen LogP contribution in [0, 0.1) is 0 Å². The molecule has 0 heterocycles. The molecule has 0 radical (unpaired) electrons. The third-order valence-corrected chi connectivity index (χ3v) is 4.11. The van der Waals surface area contributed by atoms with E-state index in [9.17, 15) is 14.4 Å². The van der Waals surface area contributed by atoms with Gasteiger partial charge in [0, 0.05) is 17.7 Å². The minimum absolute atomic E-state index is 0.202. The van der Waals surface area contributed by atoms with Gasteiger partial charge in [-0.15, -0.1) is 0 Å². The summed E-state index contributed by atoms with van der Waals surface area (Å²) in [6, 6.07) is 17.3. The smallest absolute Gasteiger partial charge is 0.327 e. The third-order valence-electron chi connectivity index (χ3n) is 4.11. The number of amides is 2. The van der Waals surface area contributed by atoms with Gasteiger partial charge in [-0.1, -0.05) is 49.7 Å². The van der Waals surface area contributed by atoms with Gasteiger partial charge in [0.1, 0.15) is 6.54 Å². The normalized spacial score (nSPS) is 10.2. The van der Waals surface area contributed by atoms with Crippen molar-refractivity contribution in [2.45, 2.75) is 26.7 Å². The van der Waals surface area contributed by atoms with E-state index in [1.807, 2.05) is 13.0 Å². The number of nitrogens with zero attached hydrogens (tertiary/aromatic N) is 2. The van der Waals surface area contributed by atoms with Gasteiger partial charge in [0.2, 0.25) is 0 Å². The molecule has 0 spiro atoms. The Hall–Kier alpha value is -3.15. The lowest BCUT2D eigenvalue weighted by Gasteiger charge is -2.34. The van der Waals surface area contributed by atoms with Gasteiger partial charge in [-0.25, -0.2) is 10.0 Å². The van der Waals surface area contributed by atoms with Crippen molar-refractivity contribution in [3.05, 3.63) is 71.8 Å². The van der Waals surface area contributed by atoms with Gasteiger partial charge in [0.25, 0.3) is 11.8 Å². The minimum atomic E-state index is -0.561. The Bertz CT molecular complexity index is 778. The Morgan fingerprint density at radius 3 is 1.75 bits per heavy atom. The minimum Gasteiger partial charge on any atom is -0.465 e. The lowest BCUT2D eigenvalue weighted by Crippen LogP contribution is -2.52. The largest absolute Gasteiger partial charge is 0.465 e. The number of carbonyl (C=O) groups is 3. The lowest BCUT2D eigenvalue weighted by molar-refractivity contribution is -0.146. The fourth-order valence-corrected chi connectivity index (χ4v) is 2.69. The Labute approximate surface area is 165 Å². The highest BCUT2D eigenvalue weighted by Crippen LogP contribution is 2.14. The zero-order valence-corrected chi connectivity index (χ0v) is 16.3. The topological polar surface area (TPSA) is 66.9 Å². The van der Waals surface area contributed by atoms with Crippen LogP contribution in [-0.2, 0) is 9.53 Å². The quantitative estimate of drug-likeness (QED) is 0.517. The van der Waals surface area contributed by atoms with E-state index >= 15 is 0 Å². The van der Waals surface area contributed by atoms with Crippen LogP contribution in [0.4, 0.5) is 0 Å². The van der Waals surface area contributed by atoms with Crippen molar-refractivity contribution < 1.29 is 19.1 Å². The van der Waals surface area contributed by atoms with Gasteiger partial charge in [-0.05, 0) is 37.6 Å². The van der Waals surface area contributed by atoms with Crippen molar-refractivity contribution in [2.75, 3.05) is 19.7 Å². The zero-order valence-electron chi connectivity index (χ0n) is 16.3. The number of benzene rings is 2. The molecule has 2 aromatic rings. The van der Waals surface area contributed by atoms with Crippen LogP contribution in [0.25, 0.3) is 0 Å². The van der Waals surface area contributed by atoms with Gasteiger partial charge in [-0.3, -0.25) is 14.4 Å². The van der Waals surface area contributed by atoms with Crippen LogP contribution in [-0.4, -0.2) is 47.5 Å². The number of hydrogen-bond acceptors (Lipinski definition) is 4. The summed E-state index contributed by atoms with van der Waals surface area (Å²) >= 11 is 0. The average molecular weight is 382 g/mol. The van der Waals surface area contributed by atoms with Crippen molar-refractivity contribution >= 4 is 17.8 Å². The van der Waals surface area contributed by atoms with E-state index in [2.05, 4.69) is 0 Å². The number of esters is 1. The first-order valence-electron chi connectivity index (χ1n) is 9.47. The highest BCUT2D eigenvalue weighted by Gasteiger charge is 2.29. The first-order valence-corrected chi connectivity index (χ1v) is 9.47. The predicted octanol–water partition coefficient (Wildman–Crippen LogP) is 3.55. The second-order valence-corrected chi connectivity index (χ2v) is 6.18. The van der Waals surface area contributed by atoms with Gasteiger partial charge in [-0.2, -0.15) is 0 Å². The molecule has 0 aliphatic carbocycles. The van der Waals surface area contributed by atoms with E-state index in [1.165, 1.54) is 10.0 Å². The Morgan fingerprint density at radius 2 is 1.29 bits per heavy atom. The molecular formula is C22H26N2O4. The molecule has 0 saturated heterocycles. The maximum Gasteiger partial charge on any atom is 0.327 e. The maximum atomic E-state index is 13.1. The van der Waals surface area contributed by atoms with Gasteiger partial charge >= 0.3 is 5.97 Å². The monoisotopic (exact) mass is 382 g/mol. The highest BCUT2D eigenvalue weighted by molar-refractivity contribution is 6.00. The van der Waals surface area contributed by atoms with Crippen LogP contribution in [0.1, 0.15) is 47.4 Å². The lowest BCUT2D eigenvalue weighted by atomic mass is 10.2. The standard InChI is InChI=1S/C22H26N2O4/c1-3-5-16-23(21(26)18-12-8-6-9-13-18)24(17-20(25)28-4-2)22(27)19-14-10-7-11-15-19/h6-15H,3-5,16-17H2,1-2H3. The molecule has 0 saturated carbocycles. The summed E-state index contributed by atoms with van der Waals surface area (Å²) in [7, 11) is 0. The van der Waals surface area contributed by atoms with Crippen molar-refractivity contribution in [1.29, 1.82) is 0 Å². The van der Waals surface area contributed by atoms with Crippen LogP contribution in [0.5, 0.6) is 0 Å². The molecule has 0 bridgehead atoms. The summed E-state index contributed by atoms with van der Waals surface area (Å²) in [6.45, 7) is 3.89. The number of unbranched alkanes of at least 4 members (excludes halogenated alkanes) is 1. The first-order chi connectivity index (χ1) is 13.6. The van der Waals surface area contributed by atoms with Gasteiger partial charge in [0.15, 0.2) is 0 Å². The third kappa shape index (κ3) is 5.67. The summed E-state index contributed by atoms with van der Waals surface area (Å²) < 4.78 is 5.03. The highest BCUT2D eigenvalue weighted by atomic mass is 16.5. The average Bonchev–Trinajstić information content (AvgIpc) is 2.74. The Morgan fingerprint density at radius 1 is 0.786 bits per heavy atom. The first kappa shape index (κ1) is 21.2. The summed E-state index contributed by atoms with van der Waals surface area (Å²) in [6.07, 6.45) is 1.53. The maximum absolute atomic E-state index is 13.1. The molecule has 0 aliphatic rings. The number of carbonyl (C=O) groups excluding carboxylic acids is 3. The van der Waals surface area contributed by atoms with E-state index in [0.717, 1.165) is 6.42 Å². The molecule has 148 valence electrons. The Kier molecular flexibility index (Phi) is 8.21. The molecule has 28 heavy (non-hydrogen) atoms. The molecule has 6 nitrogen and oxygen atoms in total. The second kappa shape index (κ2) is 10.9. The molecule has 0 N–H and O–H groups in total. The number of rotatable bonds is 8. The molecule has 2 aromatic carbocycles. The fraction of sp³-hybridized carbons (Fsp3) is 0.318. The molecule has 0 atom stereocenters. The van der Waals surface area contributed by atoms with Crippen molar-refractivity contribution in [2.24, 2.45) is 0 Å². The number of ether oxygens (including phenoxy) is 1. The van der Waals surface area contributed by atoms with Crippen LogP contribution >= 0.6 is 0 Å². The van der Waals surface area contributed by atoms with Crippen LogP contribution < -0.4 is 0 Å². The van der Waals surface area contributed by atoms with Crippen molar-refractivity contribution in [3.63, 3.8) is 0 Å². The van der Waals surface area contributed by atoms with Crippen molar-refractivity contribution in [3.8, 4) is 0 Å². The molecule has 2 amide bonds. The molecule has 2 rings (SSSR count). The van der Waals surface area contributed by atoms with Crippen LogP contribution in [0.2, 0.25) is 0 Å². The van der Waals surface area contributed by atoms with E-state index in [0.29, 0.717) is 24.1 Å². The summed E-state index contributed by atoms with van der Waals surface area (Å²) in [5, 5.41) is 2.55. The molecule has 0 fully saturated rings. The van der Waals surface area contributed by atoms with Gasteiger partial charge in [0.05, 0.1) is 6.61 Å². The SMILES string of the molecule is CCCCN(C(=O)c1ccccc1)N(CC(=O)OCC)C(=O)c1ccccc1. The van der Waals surface area contributed by atoms with Crippen molar-refractivity contribution in [1.82, 2.24) is 10.0 Å². The predicted molar refractivity (Wildman–Crippen MR) is 106 cm³/mol. The fourth-order valence-electron chi connectivity index (χ4n) is 2.69. The van der Waals surface area contributed by atoms with E-state index in [4.69, 9.17) is 4.74 Å². The molecule has 0 aliphatic heterocycles. The summed E-state index contributed by atoms with van der Waals surface area (Å²) in [5.74, 6) is -1.31. The van der Waals surface area contributed by atoms with Crippen LogP contribution in [0.3, 0.4) is 0 Å². The van der Waals surface area contributed by atoms with E-state index in [-0.39, 0.29) is 19.1 Å². The van der Waals surface area contributed by atoms with E-state index in [1.54, 1.807) is 61.5 Å². The second-order valence-electron chi connectivity index (χ2n) is 6.18. The Balaban J connectivity index is 2.40. The molecule has 6 heteroatoms. The molecule has 0 aromatic heterocycles. The van der Waals surface area contributed by atoms with Gasteiger partial charge < -0.3 is 4.74 Å². The number of hydrogen-bond donors (Lipinski definition) is 0. The van der Waals surface area contributed by atoms with Crippen LogP contribution in [0.15, 0.2) is 60.7 Å². The molecular weight excluding hydrogens is 356 g/mol. The summed E-state index contributed by atoms with van der Waals surface area (Å²) in [4.78, 5) is 38.5. The number of hydrazine groups is 1. The molecule has 0 unspecified atom stereocenters. The van der Waals surface area contributed by atoms with E-state index < -0.39 is 11.9 Å². The zero-order chi connectivity index (χ0) is 20.4.